The molecule has 0 amide bonds. The third kappa shape index (κ3) is 10.2. The highest BCUT2D eigenvalue weighted by atomic mass is 15.2. The summed E-state index contributed by atoms with van der Waals surface area (Å²) in [6, 6.07) is 121. The van der Waals surface area contributed by atoms with Crippen molar-refractivity contribution in [1.29, 1.82) is 0 Å². The standard InChI is InChI=1S/C106H74BN5/c1-106(2,3)77-65-99-102-100(66-77)112(104-88(73-41-19-8-20-42-73)63-76(70-35-13-5-14-36-70)64-89(104)74-43-21-9-22-44-74)98-68-80(110-94-53-31-27-49-83(94)84-57-60-96-101(105(84)110)85-50-28-32-54-95(85)108(96)78-45-23-10-24-46-78)56-59-91(98)107(102)90-58-55-79(109-92-51-29-25-47-81(92)82-48-26-30-52-93(82)109)67-97(90)111(99)103-86(71-37-15-6-16-38-71)61-75(69-33-11-4-12-34-69)62-87(103)72-39-17-7-18-40-72/h4-68H,1-3H3/i25D,26D,29D,30D,47D,48D,51D,52D. The molecular weight excluding hydrogens is 1350 g/mol. The van der Waals surface area contributed by atoms with Crippen molar-refractivity contribution in [3.63, 3.8) is 0 Å². The van der Waals surface area contributed by atoms with Gasteiger partial charge in [-0.05, 0) is 175 Å². The fourth-order valence-electron chi connectivity index (χ4n) is 18.2. The van der Waals surface area contributed by atoms with Crippen LogP contribution in [0.2, 0.25) is 0 Å². The Bertz CT molecular complexity index is 7460. The fourth-order valence-corrected chi connectivity index (χ4v) is 18.2. The molecule has 112 heavy (non-hydrogen) atoms. The van der Waals surface area contributed by atoms with E-state index in [4.69, 9.17) is 2.74 Å². The third-order valence-corrected chi connectivity index (χ3v) is 23.2. The average Bonchev–Trinajstić information content (AvgIpc) is 1.31. The maximum atomic E-state index is 9.96. The molecule has 0 fully saturated rings. The molecule has 0 N–H and O–H groups in total. The second-order valence-corrected chi connectivity index (χ2v) is 30.5. The van der Waals surface area contributed by atoms with Crippen LogP contribution in [0.3, 0.4) is 0 Å². The monoisotopic (exact) mass is 1440 g/mol. The highest BCUT2D eigenvalue weighted by Gasteiger charge is 2.47. The van der Waals surface area contributed by atoms with Gasteiger partial charge in [-0.25, -0.2) is 0 Å². The molecule has 17 aromatic carbocycles. The Morgan fingerprint density at radius 1 is 0.268 bits per heavy atom. The van der Waals surface area contributed by atoms with Gasteiger partial charge in [0.2, 0.25) is 0 Å². The zero-order chi connectivity index (χ0) is 81.2. The third-order valence-electron chi connectivity index (χ3n) is 23.2. The van der Waals surface area contributed by atoms with Gasteiger partial charge in [-0.2, -0.15) is 0 Å². The van der Waals surface area contributed by atoms with Crippen molar-refractivity contribution in [1.82, 2.24) is 13.7 Å². The molecule has 0 bridgehead atoms. The number of anilines is 6. The van der Waals surface area contributed by atoms with Crippen molar-refractivity contribution >= 4 is 123 Å². The molecule has 2 aliphatic heterocycles. The van der Waals surface area contributed by atoms with E-state index in [1.165, 1.54) is 0 Å². The zero-order valence-electron chi connectivity index (χ0n) is 69.7. The summed E-state index contributed by atoms with van der Waals surface area (Å²) >= 11 is 0. The number of fused-ring (bicyclic) bond motifs is 14. The van der Waals surface area contributed by atoms with Crippen molar-refractivity contribution in [2.45, 2.75) is 26.2 Å². The van der Waals surface area contributed by atoms with Gasteiger partial charge in [0, 0.05) is 94.4 Å². The zero-order valence-corrected chi connectivity index (χ0v) is 61.7. The lowest BCUT2D eigenvalue weighted by atomic mass is 9.33. The largest absolute Gasteiger partial charge is 0.310 e. The Labute approximate surface area is 663 Å². The molecule has 20 aromatic rings. The van der Waals surface area contributed by atoms with Gasteiger partial charge in [-0.15, -0.1) is 0 Å². The fraction of sp³-hybridized carbons (Fsp3) is 0.0377. The first-order valence-corrected chi connectivity index (χ1v) is 38.4. The van der Waals surface area contributed by atoms with Crippen LogP contribution in [0.25, 0.3) is 149 Å². The molecule has 526 valence electrons. The summed E-state index contributed by atoms with van der Waals surface area (Å²) in [7, 11) is 0. The highest BCUT2D eigenvalue weighted by Crippen LogP contribution is 2.56. The number of para-hydroxylation sites is 5. The van der Waals surface area contributed by atoms with Crippen LogP contribution < -0.4 is 26.2 Å². The van der Waals surface area contributed by atoms with Crippen molar-refractivity contribution in [3.05, 3.63) is 400 Å². The highest BCUT2D eigenvalue weighted by molar-refractivity contribution is 7.00. The van der Waals surface area contributed by atoms with Crippen molar-refractivity contribution in [2.75, 3.05) is 9.80 Å². The summed E-state index contributed by atoms with van der Waals surface area (Å²) in [6.45, 7) is 6.32. The minimum Gasteiger partial charge on any atom is -0.310 e. The van der Waals surface area contributed by atoms with Crippen LogP contribution in [0.1, 0.15) is 37.3 Å². The van der Waals surface area contributed by atoms with Crippen molar-refractivity contribution in [2.24, 2.45) is 0 Å². The van der Waals surface area contributed by atoms with Crippen LogP contribution in [0, 0.1) is 0 Å². The van der Waals surface area contributed by atoms with E-state index in [1.807, 2.05) is 12.1 Å². The lowest BCUT2D eigenvalue weighted by Crippen LogP contribution is -2.61. The first kappa shape index (κ1) is 57.0. The predicted octanol–water partition coefficient (Wildman–Crippen LogP) is 26.4. The van der Waals surface area contributed by atoms with E-state index in [0.717, 1.165) is 178 Å². The molecule has 5 nitrogen and oxygen atoms in total. The summed E-state index contributed by atoms with van der Waals surface area (Å²) < 4.78 is 82.9. The van der Waals surface area contributed by atoms with Gasteiger partial charge in [0.25, 0.3) is 6.71 Å². The molecule has 2 aliphatic rings. The Morgan fingerprint density at radius 3 is 1.09 bits per heavy atom. The average molecular weight is 1440 g/mol. The van der Waals surface area contributed by atoms with E-state index >= 15 is 0 Å². The molecule has 22 rings (SSSR count). The SMILES string of the molecule is [2H]c1c([2H])c([2H])c2c(c1[2H])c1c([2H])c([2H])c([2H])c([2H])c1n2-c1ccc2c(c1)N(c1c(-c3ccccc3)cc(-c3ccccc3)cc1-c1ccccc1)c1cc(C(C)(C)C)cc3c1B2c1ccc(-n2c4ccccc4c4ccc5c(c6ccccc6n5-c5ccccc5)c42)cc1N3c1c(-c2ccccc2)cc(-c2ccccc2)cc1-c1ccccc1. The second kappa shape index (κ2) is 25.7. The van der Waals surface area contributed by atoms with Gasteiger partial charge in [0.15, 0.2) is 0 Å². The molecule has 0 saturated heterocycles. The van der Waals surface area contributed by atoms with Crippen LogP contribution >= 0.6 is 0 Å². The second-order valence-electron chi connectivity index (χ2n) is 30.5. The van der Waals surface area contributed by atoms with Crippen LogP contribution in [0.15, 0.2) is 394 Å². The van der Waals surface area contributed by atoms with Gasteiger partial charge in [-0.3, -0.25) is 0 Å². The van der Waals surface area contributed by atoms with Crippen LogP contribution in [-0.2, 0) is 5.41 Å². The lowest BCUT2D eigenvalue weighted by Gasteiger charge is -2.46. The maximum Gasteiger partial charge on any atom is 0.252 e. The first-order chi connectivity index (χ1) is 58.6. The van der Waals surface area contributed by atoms with E-state index in [9.17, 15) is 8.22 Å². The summed E-state index contributed by atoms with van der Waals surface area (Å²) in [5.74, 6) is 0. The molecule has 0 aliphatic carbocycles. The molecular formula is C106H74BN5. The Morgan fingerprint density at radius 2 is 0.643 bits per heavy atom. The normalized spacial score (nSPS) is 13.5. The molecule has 0 atom stereocenters. The molecule has 0 saturated carbocycles. The lowest BCUT2D eigenvalue weighted by molar-refractivity contribution is 0.590. The van der Waals surface area contributed by atoms with E-state index in [0.29, 0.717) is 5.69 Å². The molecule has 5 heterocycles. The number of nitrogens with zero attached hydrogens (tertiary/aromatic N) is 5. The molecule has 0 spiro atoms. The number of rotatable bonds is 11. The van der Waals surface area contributed by atoms with Gasteiger partial charge in [0.05, 0.1) is 55.4 Å². The molecule has 3 aromatic heterocycles. The van der Waals surface area contributed by atoms with Gasteiger partial charge in [0.1, 0.15) is 0 Å². The number of benzene rings is 17. The molecule has 0 radical (unpaired) electrons. The van der Waals surface area contributed by atoms with Crippen LogP contribution in [0.4, 0.5) is 34.1 Å². The minimum absolute atomic E-state index is 0.00111. The van der Waals surface area contributed by atoms with E-state index in [1.54, 1.807) is 4.57 Å². The Kier molecular flexibility index (Phi) is 13.1. The van der Waals surface area contributed by atoms with Gasteiger partial charge < -0.3 is 23.5 Å². The smallest absolute Gasteiger partial charge is 0.252 e. The van der Waals surface area contributed by atoms with E-state index < -0.39 is 48.4 Å². The minimum atomic E-state index is -0.557. The summed E-state index contributed by atoms with van der Waals surface area (Å²) in [5.41, 5.74) is 27.7. The van der Waals surface area contributed by atoms with Gasteiger partial charge >= 0.3 is 0 Å². The Balaban J connectivity index is 0.936. The van der Waals surface area contributed by atoms with Crippen molar-refractivity contribution < 1.29 is 11.0 Å². The quantitative estimate of drug-likeness (QED) is 0.120. The summed E-state index contributed by atoms with van der Waals surface area (Å²) in [6.07, 6.45) is 0. The summed E-state index contributed by atoms with van der Waals surface area (Å²) in [5, 5.41) is 4.50. The maximum absolute atomic E-state index is 9.96. The Hall–Kier alpha value is -14.2. The van der Waals surface area contributed by atoms with Gasteiger partial charge in [-0.1, -0.05) is 312 Å². The number of hydrogen-bond donors (Lipinski definition) is 0. The predicted molar refractivity (Wildman–Crippen MR) is 475 cm³/mol. The van der Waals surface area contributed by atoms with E-state index in [2.05, 4.69) is 373 Å². The topological polar surface area (TPSA) is 21.3 Å². The van der Waals surface area contributed by atoms with Crippen molar-refractivity contribution in [3.8, 4) is 83.8 Å². The van der Waals surface area contributed by atoms with Crippen LogP contribution in [-0.4, -0.2) is 20.4 Å². The molecule has 0 unspecified atom stereocenters. The molecule has 6 heteroatoms. The summed E-state index contributed by atoms with van der Waals surface area (Å²) in [4.78, 5) is 5.07. The van der Waals surface area contributed by atoms with E-state index in [-0.39, 0.29) is 33.9 Å². The number of aromatic nitrogens is 3. The number of hydrogen-bond acceptors (Lipinski definition) is 2. The van der Waals surface area contributed by atoms with Crippen LogP contribution in [0.5, 0.6) is 0 Å². The first-order valence-electron chi connectivity index (χ1n) is 42.4.